The van der Waals surface area contributed by atoms with Crippen LogP contribution in [0.25, 0.3) is 0 Å². The van der Waals surface area contributed by atoms with E-state index in [1.54, 1.807) is 0 Å². The van der Waals surface area contributed by atoms with Crippen LogP contribution in [0.1, 0.15) is 59.6 Å². The second kappa shape index (κ2) is 6.73. The smallest absolute Gasteiger partial charge is 0.0754 e. The maximum Gasteiger partial charge on any atom is 0.193 e. The fraction of sp³-hybridized carbons (Fsp3) is 0.429. The summed E-state index contributed by atoms with van der Waals surface area (Å²) in [4.78, 5) is 0. The van der Waals surface area contributed by atoms with Crippen molar-refractivity contribution in [3.8, 4) is 0 Å². The highest BCUT2D eigenvalue weighted by Gasteiger charge is 2.13. The molecule has 0 aliphatic carbocycles. The summed E-state index contributed by atoms with van der Waals surface area (Å²) in [5.74, 6) is 0.649. The highest BCUT2D eigenvalue weighted by Crippen LogP contribution is 2.23. The Morgan fingerprint density at radius 1 is 0.909 bits per heavy atom. The Labute approximate surface area is 137 Å². The molecule has 2 aromatic rings. The van der Waals surface area contributed by atoms with Crippen LogP contribution < -0.4 is 10.9 Å². The van der Waals surface area contributed by atoms with E-state index in [-0.39, 0.29) is 0 Å². The van der Waals surface area contributed by atoms with Gasteiger partial charge >= 0.3 is 0 Å². The Morgan fingerprint density at radius 2 is 1.50 bits per heavy atom. The Hall–Kier alpha value is -1.50. The first-order chi connectivity index (χ1) is 10.3. The Morgan fingerprint density at radius 3 is 2.05 bits per heavy atom. The van der Waals surface area contributed by atoms with Gasteiger partial charge in [0.2, 0.25) is 0 Å². The van der Waals surface area contributed by atoms with Crippen molar-refractivity contribution >= 4 is 18.2 Å². The van der Waals surface area contributed by atoms with Gasteiger partial charge in [0.25, 0.3) is 0 Å². The quantitative estimate of drug-likeness (QED) is 0.743. The van der Waals surface area contributed by atoms with Crippen LogP contribution >= 0.6 is 0 Å². The van der Waals surface area contributed by atoms with E-state index in [4.69, 9.17) is 0 Å². The first-order valence-electron chi connectivity index (χ1n) is 8.50. The largest absolute Gasteiger partial charge is 0.193 e. The third-order valence-corrected chi connectivity index (χ3v) is 5.29. The zero-order valence-corrected chi connectivity index (χ0v) is 15.3. The number of benzene rings is 2. The summed E-state index contributed by atoms with van der Waals surface area (Å²) in [5.41, 5.74) is 11.6. The fourth-order valence-electron chi connectivity index (χ4n) is 3.52. The molecule has 1 unspecified atom stereocenters. The van der Waals surface area contributed by atoms with E-state index in [1.807, 2.05) is 0 Å². The van der Waals surface area contributed by atoms with Gasteiger partial charge in [-0.3, -0.25) is 0 Å². The summed E-state index contributed by atoms with van der Waals surface area (Å²) in [6.07, 6.45) is 1.20. The summed E-state index contributed by atoms with van der Waals surface area (Å²) in [5, 5.41) is 0. The third kappa shape index (κ3) is 3.29. The molecule has 0 aliphatic rings. The second-order valence-electron chi connectivity index (χ2n) is 6.93. The number of hydrogen-bond acceptors (Lipinski definition) is 0. The van der Waals surface area contributed by atoms with Crippen molar-refractivity contribution in [2.24, 2.45) is 0 Å². The van der Waals surface area contributed by atoms with E-state index in [0.29, 0.717) is 5.92 Å². The summed E-state index contributed by atoms with van der Waals surface area (Å²) in [6.45, 7) is 15.8. The van der Waals surface area contributed by atoms with Crippen LogP contribution in [0.4, 0.5) is 0 Å². The van der Waals surface area contributed by atoms with Crippen LogP contribution in [-0.4, -0.2) is 7.28 Å². The predicted molar refractivity (Wildman–Crippen MR) is 102 cm³/mol. The molecule has 116 valence electrons. The molecule has 2 rings (SSSR count). The maximum atomic E-state index is 2.35. The second-order valence-corrected chi connectivity index (χ2v) is 6.93. The van der Waals surface area contributed by atoms with Gasteiger partial charge in [0, 0.05) is 0 Å². The molecule has 0 bridgehead atoms. The summed E-state index contributed by atoms with van der Waals surface area (Å²) in [7, 11) is 1.05. The molecule has 0 heterocycles. The molecule has 0 aliphatic heterocycles. The predicted octanol–water partition coefficient (Wildman–Crippen LogP) is 4.13. The van der Waals surface area contributed by atoms with Crippen molar-refractivity contribution in [1.29, 1.82) is 0 Å². The van der Waals surface area contributed by atoms with Gasteiger partial charge in [-0.05, 0) is 58.1 Å². The molecule has 0 nitrogen and oxygen atoms in total. The minimum absolute atomic E-state index is 0.649. The van der Waals surface area contributed by atoms with Gasteiger partial charge in [-0.25, -0.2) is 0 Å². The molecule has 0 spiro atoms. The van der Waals surface area contributed by atoms with Gasteiger partial charge in [0.1, 0.15) is 0 Å². The van der Waals surface area contributed by atoms with E-state index in [9.17, 15) is 0 Å². The first kappa shape index (κ1) is 16.9. The monoisotopic (exact) mass is 292 g/mol. The van der Waals surface area contributed by atoms with E-state index < -0.39 is 0 Å². The van der Waals surface area contributed by atoms with Gasteiger partial charge in [0.05, 0.1) is 0 Å². The Bertz CT molecular complexity index is 660. The van der Waals surface area contributed by atoms with Crippen LogP contribution in [0.15, 0.2) is 24.3 Å². The van der Waals surface area contributed by atoms with Gasteiger partial charge in [-0.1, -0.05) is 71.3 Å². The van der Waals surface area contributed by atoms with Crippen LogP contribution in [-0.2, 0) is 0 Å². The lowest BCUT2D eigenvalue weighted by Gasteiger charge is -2.18. The Balaban J connectivity index is 2.42. The first-order valence-corrected chi connectivity index (χ1v) is 8.50. The topological polar surface area (TPSA) is 0 Å². The molecule has 1 atom stereocenters. The molecular weight excluding hydrogens is 263 g/mol. The van der Waals surface area contributed by atoms with E-state index >= 15 is 0 Å². The van der Waals surface area contributed by atoms with Crippen LogP contribution in [0, 0.1) is 34.6 Å². The fourth-order valence-corrected chi connectivity index (χ4v) is 3.52. The molecule has 1 heteroatoms. The Kier molecular flexibility index (Phi) is 5.16. The lowest BCUT2D eigenvalue weighted by molar-refractivity contribution is 0.727. The summed E-state index contributed by atoms with van der Waals surface area (Å²) in [6, 6.07) is 9.31. The lowest BCUT2D eigenvalue weighted by atomic mass is 9.59. The van der Waals surface area contributed by atoms with Crippen molar-refractivity contribution in [2.45, 2.75) is 60.8 Å². The zero-order valence-electron chi connectivity index (χ0n) is 15.3. The number of rotatable bonds is 4. The van der Waals surface area contributed by atoms with Gasteiger partial charge in [0.15, 0.2) is 7.28 Å². The lowest BCUT2D eigenvalue weighted by Crippen LogP contribution is -2.33. The van der Waals surface area contributed by atoms with Gasteiger partial charge in [-0.15, -0.1) is 0 Å². The number of aryl methyl sites for hydroxylation is 3. The molecule has 0 saturated heterocycles. The average molecular weight is 292 g/mol. The number of hydrogen-bond donors (Lipinski definition) is 0. The highest BCUT2D eigenvalue weighted by molar-refractivity contribution is 6.68. The molecule has 2 aromatic carbocycles. The van der Waals surface area contributed by atoms with Crippen molar-refractivity contribution in [3.05, 3.63) is 57.6 Å². The zero-order chi connectivity index (χ0) is 16.4. The summed E-state index contributed by atoms with van der Waals surface area (Å²) >= 11 is 0. The van der Waals surface area contributed by atoms with Crippen molar-refractivity contribution in [1.82, 2.24) is 0 Å². The van der Waals surface area contributed by atoms with E-state index in [2.05, 4.69) is 72.7 Å². The minimum atomic E-state index is 0.649. The van der Waals surface area contributed by atoms with Crippen molar-refractivity contribution in [2.75, 3.05) is 0 Å². The van der Waals surface area contributed by atoms with Crippen molar-refractivity contribution < 1.29 is 0 Å². The molecule has 0 N–H and O–H groups in total. The average Bonchev–Trinajstić information content (AvgIpc) is 2.46. The molecule has 22 heavy (non-hydrogen) atoms. The summed E-state index contributed by atoms with van der Waals surface area (Å²) < 4.78 is 0. The SMILES string of the molecule is CCC(C)c1ccc(Bc2c(C)cc(C)cc2C)c(C)c1C. The van der Waals surface area contributed by atoms with Crippen LogP contribution in [0.2, 0.25) is 0 Å². The van der Waals surface area contributed by atoms with Crippen molar-refractivity contribution in [3.63, 3.8) is 0 Å². The van der Waals surface area contributed by atoms with E-state index in [1.165, 1.54) is 50.7 Å². The van der Waals surface area contributed by atoms with E-state index in [0.717, 1.165) is 7.28 Å². The molecule has 0 amide bonds. The maximum absolute atomic E-state index is 2.35. The minimum Gasteiger partial charge on any atom is -0.0754 e. The standard InChI is InChI=1S/C21H29B/c1-8-14(3)19-9-10-20(18(7)17(19)6)22-21-15(4)11-13(2)12-16(21)5/h9-12,14,22H,8H2,1-7H3. The van der Waals surface area contributed by atoms with Gasteiger partial charge < -0.3 is 0 Å². The highest BCUT2D eigenvalue weighted by atomic mass is 14.1. The van der Waals surface area contributed by atoms with Crippen LogP contribution in [0.5, 0.6) is 0 Å². The van der Waals surface area contributed by atoms with Gasteiger partial charge in [-0.2, -0.15) is 0 Å². The molecular formula is C21H29B. The molecule has 0 saturated carbocycles. The molecule has 0 fully saturated rings. The third-order valence-electron chi connectivity index (χ3n) is 5.29. The van der Waals surface area contributed by atoms with Crippen LogP contribution in [0.3, 0.4) is 0 Å². The molecule has 0 radical (unpaired) electrons. The normalized spacial score (nSPS) is 12.3. The molecule has 0 aromatic heterocycles.